The van der Waals surface area contributed by atoms with Crippen LogP contribution in [-0.2, 0) is 24.7 Å². The molecule has 0 N–H and O–H groups in total. The molecule has 0 amide bonds. The molecule has 0 aromatic heterocycles. The molecule has 1 fully saturated rings. The Morgan fingerprint density at radius 2 is 1.15 bits per heavy atom. The average Bonchev–Trinajstić information content (AvgIpc) is 2.90. The van der Waals surface area contributed by atoms with Crippen molar-refractivity contribution in [3.63, 3.8) is 0 Å². The molecule has 0 bridgehead atoms. The first-order chi connectivity index (χ1) is 21.2. The minimum absolute atomic E-state index is 0.0342. The molecule has 2 atom stereocenters. The van der Waals surface area contributed by atoms with Gasteiger partial charge < -0.3 is 0 Å². The Bertz CT molecular complexity index is 1450. The van der Waals surface area contributed by atoms with Crippen molar-refractivity contribution in [3.05, 3.63) is 69.8 Å². The Hall–Kier alpha value is -1.19. The third-order valence-electron chi connectivity index (χ3n) is 10.0. The molecule has 0 saturated carbocycles. The van der Waals surface area contributed by atoms with Gasteiger partial charge in [-0.15, -0.1) is 0 Å². The molecular weight excluding hydrogens is 652 g/mol. The van der Waals surface area contributed by atoms with Gasteiger partial charge in [-0.3, -0.25) is 0 Å². The van der Waals surface area contributed by atoms with E-state index < -0.39 is 19.4 Å². The Kier molecular flexibility index (Phi) is 11.6. The van der Waals surface area contributed by atoms with E-state index in [2.05, 4.69) is 168 Å². The molecular formula is C43H69GeO2P. The summed E-state index contributed by atoms with van der Waals surface area (Å²) in [6.07, 6.45) is 4.31. The maximum atomic E-state index is 7.68. The van der Waals surface area contributed by atoms with Crippen LogP contribution in [0.25, 0.3) is 0 Å². The van der Waals surface area contributed by atoms with Crippen LogP contribution in [0.3, 0.4) is 0 Å². The number of methoxy groups -OCH3 is 1. The third-order valence-corrected chi connectivity index (χ3v) is 24.1. The second kappa shape index (κ2) is 13.5. The molecule has 0 aliphatic carbocycles. The van der Waals surface area contributed by atoms with E-state index in [-0.39, 0.29) is 20.5 Å². The Morgan fingerprint density at radius 3 is 1.45 bits per heavy atom. The molecule has 4 heteroatoms. The molecule has 1 aliphatic heterocycles. The number of allylic oxidation sites excluding steroid dienone is 1. The summed E-state index contributed by atoms with van der Waals surface area (Å²) in [6, 6.07) is 10.1. The standard InChI is InChI=1S/C43H69GeO2P/c1-21-22-43(45-20)38(47-37-34(40(11,12)13)25-31(39(8,9)10)26-35(37)41(14,15)16)44(46-43,42(17,18)19)36-32(28(4)5)23-30(27(2)3)24-33(36)29(6)7/h21-29H,1-20H3/b22-21+. The molecule has 1 saturated heterocycles. The van der Waals surface area contributed by atoms with E-state index >= 15 is 0 Å². The summed E-state index contributed by atoms with van der Waals surface area (Å²) in [5.41, 5.74) is 8.65. The van der Waals surface area contributed by atoms with Crippen LogP contribution in [0.5, 0.6) is 0 Å². The first-order valence-electron chi connectivity index (χ1n) is 18.1. The van der Waals surface area contributed by atoms with Crippen LogP contribution in [0.2, 0.25) is 4.25 Å². The molecule has 1 heterocycles. The van der Waals surface area contributed by atoms with Gasteiger partial charge in [-0.25, -0.2) is 0 Å². The fraction of sp³-hybridized carbons (Fsp3) is 0.651. The van der Waals surface area contributed by atoms with E-state index in [1.165, 1.54) is 55.4 Å². The predicted molar refractivity (Wildman–Crippen MR) is 214 cm³/mol. The van der Waals surface area contributed by atoms with Gasteiger partial charge in [-0.05, 0) is 0 Å². The average molecular weight is 722 g/mol. The Morgan fingerprint density at radius 1 is 0.702 bits per heavy atom. The van der Waals surface area contributed by atoms with Crippen molar-refractivity contribution in [2.75, 3.05) is 7.11 Å². The molecule has 2 aromatic carbocycles. The third kappa shape index (κ3) is 7.48. The van der Waals surface area contributed by atoms with Crippen molar-refractivity contribution in [2.45, 2.75) is 176 Å². The molecule has 1 aliphatic rings. The zero-order valence-corrected chi connectivity index (χ0v) is 37.0. The van der Waals surface area contributed by atoms with E-state index in [1.54, 1.807) is 0 Å². The van der Waals surface area contributed by atoms with Crippen molar-refractivity contribution in [1.82, 2.24) is 0 Å². The van der Waals surface area contributed by atoms with Gasteiger partial charge in [0.2, 0.25) is 0 Å². The topological polar surface area (TPSA) is 18.5 Å². The van der Waals surface area contributed by atoms with Gasteiger partial charge in [0.05, 0.1) is 0 Å². The van der Waals surface area contributed by atoms with E-state index in [4.69, 9.17) is 8.50 Å². The SMILES string of the molecule is C/C=C/C1(OC)[O][Ge]([c]2c(C(C)C)cc(C(C)C)cc2C(C)C)([C](C)(C)C)[C]1=Pc1c(C(C)(C)C)cc(C(C)(C)C)cc1C(C)(C)C. The van der Waals surface area contributed by atoms with Gasteiger partial charge >= 0.3 is 297 Å². The zero-order chi connectivity index (χ0) is 36.3. The summed E-state index contributed by atoms with van der Waals surface area (Å²) in [5, 5.41) is 1.44. The summed E-state index contributed by atoms with van der Waals surface area (Å²) >= 11 is -3.66. The molecule has 47 heavy (non-hydrogen) atoms. The van der Waals surface area contributed by atoms with Crippen LogP contribution < -0.4 is 9.70 Å². The molecule has 0 radical (unpaired) electrons. The Balaban J connectivity index is 2.74. The van der Waals surface area contributed by atoms with Crippen molar-refractivity contribution in [1.29, 1.82) is 0 Å². The van der Waals surface area contributed by atoms with E-state index in [0.717, 1.165) is 0 Å². The molecule has 2 nitrogen and oxygen atoms in total. The monoisotopic (exact) mass is 722 g/mol. The van der Waals surface area contributed by atoms with Gasteiger partial charge in [0, 0.05) is 0 Å². The zero-order valence-electron chi connectivity index (χ0n) is 34.0. The number of ether oxygens (including phenoxy) is 1. The second-order valence-corrected chi connectivity index (χ2v) is 29.6. The van der Waals surface area contributed by atoms with Crippen LogP contribution in [0, 0.1) is 0 Å². The summed E-state index contributed by atoms with van der Waals surface area (Å²) in [5.74, 6) is 0.379. The number of hydrogen-bond donors (Lipinski definition) is 0. The van der Waals surface area contributed by atoms with Crippen molar-refractivity contribution >= 4 is 35.6 Å². The molecule has 3 rings (SSSR count). The van der Waals surface area contributed by atoms with Crippen LogP contribution >= 0.6 is 8.20 Å². The first-order valence-corrected chi connectivity index (χ1v) is 23.0. The fourth-order valence-corrected chi connectivity index (χ4v) is 23.9. The predicted octanol–water partition coefficient (Wildman–Crippen LogP) is 11.8. The quantitative estimate of drug-likeness (QED) is 0.161. The molecule has 2 unspecified atom stereocenters. The van der Waals surface area contributed by atoms with Crippen molar-refractivity contribution in [3.8, 4) is 0 Å². The minimum atomic E-state index is -3.66. The number of rotatable bonds is 7. The normalized spacial score (nSPS) is 22.3. The van der Waals surface area contributed by atoms with Crippen LogP contribution in [0.15, 0.2) is 36.4 Å². The summed E-state index contributed by atoms with van der Waals surface area (Å²) in [7, 11) is 3.09. The summed E-state index contributed by atoms with van der Waals surface area (Å²) in [6.45, 7) is 44.9. The van der Waals surface area contributed by atoms with Crippen molar-refractivity contribution in [2.24, 2.45) is 0 Å². The first kappa shape index (κ1) is 40.2. The summed E-state index contributed by atoms with van der Waals surface area (Å²) < 4.78 is 17.2. The maximum absolute atomic E-state index is 7.68. The summed E-state index contributed by atoms with van der Waals surface area (Å²) in [4.78, 5) is 0. The van der Waals surface area contributed by atoms with E-state index in [0.29, 0.717) is 17.8 Å². The molecule has 262 valence electrons. The van der Waals surface area contributed by atoms with Gasteiger partial charge in [0.1, 0.15) is 0 Å². The fourth-order valence-electron chi connectivity index (χ4n) is 7.08. The Labute approximate surface area is 295 Å². The van der Waals surface area contributed by atoms with E-state index in [9.17, 15) is 0 Å². The van der Waals surface area contributed by atoms with Crippen LogP contribution in [0.1, 0.15) is 183 Å². The number of benzene rings is 2. The van der Waals surface area contributed by atoms with Gasteiger partial charge in [-0.2, -0.15) is 0 Å². The number of hydrogen-bond acceptors (Lipinski definition) is 2. The second-order valence-electron chi connectivity index (χ2n) is 19.1. The van der Waals surface area contributed by atoms with Gasteiger partial charge in [0.25, 0.3) is 0 Å². The van der Waals surface area contributed by atoms with E-state index in [1.807, 2.05) is 7.11 Å². The molecule has 0 spiro atoms. The van der Waals surface area contributed by atoms with Crippen LogP contribution in [-0.4, -0.2) is 30.6 Å². The van der Waals surface area contributed by atoms with Gasteiger partial charge in [0.15, 0.2) is 0 Å². The van der Waals surface area contributed by atoms with Crippen molar-refractivity contribution < 1.29 is 8.50 Å². The molecule has 2 aromatic rings. The van der Waals surface area contributed by atoms with Crippen LogP contribution in [0.4, 0.5) is 0 Å². The van der Waals surface area contributed by atoms with Gasteiger partial charge in [-0.1, -0.05) is 0 Å².